The van der Waals surface area contributed by atoms with Gasteiger partial charge in [-0.3, -0.25) is 9.59 Å². The molecule has 20 heavy (non-hydrogen) atoms. The van der Waals surface area contributed by atoms with Gasteiger partial charge in [-0.05, 0) is 46.1 Å². The second kappa shape index (κ2) is 5.65. The molecule has 2 heterocycles. The van der Waals surface area contributed by atoms with E-state index >= 15 is 0 Å². The number of carbonyl (C=O) groups is 2. The molecule has 0 fully saturated rings. The van der Waals surface area contributed by atoms with E-state index in [-0.39, 0.29) is 17.5 Å². The molecule has 1 N–H and O–H groups in total. The molecule has 4 nitrogen and oxygen atoms in total. The third-order valence-corrected chi connectivity index (χ3v) is 3.85. The fourth-order valence-corrected chi connectivity index (χ4v) is 3.10. The molecule has 0 aromatic heterocycles. The first kappa shape index (κ1) is 14.6. The summed E-state index contributed by atoms with van der Waals surface area (Å²) in [5, 5.41) is 3.16. The predicted octanol–water partition coefficient (Wildman–Crippen LogP) is 2.63. The van der Waals surface area contributed by atoms with Crippen LogP contribution < -0.4 is 5.32 Å². The third kappa shape index (κ3) is 2.55. The lowest BCUT2D eigenvalue weighted by atomic mass is 9.76. The predicted molar refractivity (Wildman–Crippen MR) is 76.7 cm³/mol. The molecule has 0 aliphatic carbocycles. The fraction of sp³-hybridized carbons (Fsp3) is 0.500. The molecule has 2 aliphatic heterocycles. The van der Waals surface area contributed by atoms with Crippen molar-refractivity contribution >= 4 is 11.6 Å². The van der Waals surface area contributed by atoms with E-state index in [1.165, 1.54) is 0 Å². The van der Waals surface area contributed by atoms with Crippen molar-refractivity contribution in [2.24, 2.45) is 5.92 Å². The van der Waals surface area contributed by atoms with Gasteiger partial charge in [0.2, 0.25) is 0 Å². The van der Waals surface area contributed by atoms with E-state index in [0.717, 1.165) is 29.8 Å². The first-order valence-electron chi connectivity index (χ1n) is 6.94. The van der Waals surface area contributed by atoms with E-state index in [9.17, 15) is 9.59 Å². The highest BCUT2D eigenvalue weighted by Crippen LogP contribution is 2.38. The summed E-state index contributed by atoms with van der Waals surface area (Å²) in [6.07, 6.45) is 3.51. The number of nitrogens with one attached hydrogen (secondary N) is 1. The van der Waals surface area contributed by atoms with E-state index in [2.05, 4.69) is 5.32 Å². The number of hydrogen-bond acceptors (Lipinski definition) is 4. The van der Waals surface area contributed by atoms with Crippen LogP contribution in [0.25, 0.3) is 0 Å². The van der Waals surface area contributed by atoms with Crippen LogP contribution in [0, 0.1) is 5.92 Å². The van der Waals surface area contributed by atoms with E-state index in [0.29, 0.717) is 17.8 Å². The fourth-order valence-electron chi connectivity index (χ4n) is 3.10. The van der Waals surface area contributed by atoms with Crippen LogP contribution in [0.15, 0.2) is 34.4 Å². The summed E-state index contributed by atoms with van der Waals surface area (Å²) in [4.78, 5) is 24.1. The number of Topliss-reactive ketones (excluding diaryl/α,β-unsaturated/α-hetero) is 2. The van der Waals surface area contributed by atoms with Crippen LogP contribution in [-0.2, 0) is 14.3 Å². The van der Waals surface area contributed by atoms with Gasteiger partial charge in [0.15, 0.2) is 11.6 Å². The average molecular weight is 275 g/mol. The average Bonchev–Trinajstić information content (AvgIpc) is 2.37. The number of ketones is 2. The molecule has 2 aliphatic rings. The van der Waals surface area contributed by atoms with E-state index < -0.39 is 0 Å². The smallest absolute Gasteiger partial charge is 0.158 e. The van der Waals surface area contributed by atoms with Crippen LogP contribution in [0.1, 0.15) is 40.5 Å². The number of dihydropyridines is 1. The second-order valence-electron chi connectivity index (χ2n) is 5.41. The monoisotopic (exact) mass is 275 g/mol. The molecule has 0 unspecified atom stereocenters. The van der Waals surface area contributed by atoms with Crippen LogP contribution in [0.4, 0.5) is 0 Å². The topological polar surface area (TPSA) is 55.4 Å². The molecule has 0 aromatic carbocycles. The largest absolute Gasteiger partial charge is 0.501 e. The molecular weight excluding hydrogens is 254 g/mol. The maximum atomic E-state index is 12.0. The first-order chi connectivity index (χ1) is 9.43. The number of rotatable bonds is 3. The lowest BCUT2D eigenvalue weighted by Gasteiger charge is -2.32. The highest BCUT2D eigenvalue weighted by atomic mass is 16.5. The van der Waals surface area contributed by atoms with E-state index in [1.807, 2.05) is 13.8 Å². The Labute approximate surface area is 119 Å². The van der Waals surface area contributed by atoms with Crippen LogP contribution in [-0.4, -0.2) is 18.2 Å². The molecule has 0 spiro atoms. The van der Waals surface area contributed by atoms with Gasteiger partial charge >= 0.3 is 0 Å². The molecule has 0 radical (unpaired) electrons. The molecule has 0 amide bonds. The molecular formula is C16H21NO3. The van der Waals surface area contributed by atoms with Crippen molar-refractivity contribution in [2.75, 3.05) is 6.61 Å². The highest BCUT2D eigenvalue weighted by Gasteiger charge is 2.35. The summed E-state index contributed by atoms with van der Waals surface area (Å²) in [5.41, 5.74) is 4.04. The number of allylic oxidation sites excluding steroid dienone is 5. The summed E-state index contributed by atoms with van der Waals surface area (Å²) in [6.45, 7) is 7.57. The highest BCUT2D eigenvalue weighted by molar-refractivity contribution is 6.02. The molecule has 0 saturated carbocycles. The Morgan fingerprint density at radius 1 is 1.15 bits per heavy atom. The van der Waals surface area contributed by atoms with Crippen molar-refractivity contribution < 1.29 is 14.3 Å². The summed E-state index contributed by atoms with van der Waals surface area (Å²) < 4.78 is 5.41. The Hall–Kier alpha value is -1.84. The molecule has 108 valence electrons. The molecule has 0 aromatic rings. The SMILES string of the molecule is CC(=O)C1=C(C)NC(C)=C(C(C)=O)C1C1=COCCC1. The summed E-state index contributed by atoms with van der Waals surface area (Å²) in [7, 11) is 0. The zero-order chi connectivity index (χ0) is 14.9. The van der Waals surface area contributed by atoms with Gasteiger partial charge in [-0.25, -0.2) is 0 Å². The Kier molecular flexibility index (Phi) is 4.12. The Morgan fingerprint density at radius 2 is 1.70 bits per heavy atom. The van der Waals surface area contributed by atoms with Crippen molar-refractivity contribution in [3.8, 4) is 0 Å². The Bertz CT molecular complexity index is 516. The quantitative estimate of drug-likeness (QED) is 0.860. The summed E-state index contributed by atoms with van der Waals surface area (Å²) in [5.74, 6) is -0.262. The molecule has 4 heteroatoms. The Balaban J connectivity index is 2.57. The molecule has 0 bridgehead atoms. The maximum absolute atomic E-state index is 12.0. The van der Waals surface area contributed by atoms with Crippen LogP contribution in [0.5, 0.6) is 0 Å². The van der Waals surface area contributed by atoms with Gasteiger partial charge in [0.05, 0.1) is 12.9 Å². The van der Waals surface area contributed by atoms with Crippen LogP contribution in [0.2, 0.25) is 0 Å². The number of ether oxygens (including phenoxy) is 1. The molecule has 0 saturated heterocycles. The van der Waals surface area contributed by atoms with Crippen LogP contribution >= 0.6 is 0 Å². The van der Waals surface area contributed by atoms with Gasteiger partial charge in [0.1, 0.15) is 0 Å². The second-order valence-corrected chi connectivity index (χ2v) is 5.41. The Morgan fingerprint density at radius 3 is 2.10 bits per heavy atom. The van der Waals surface area contributed by atoms with Crippen molar-refractivity contribution in [3.05, 3.63) is 34.4 Å². The van der Waals surface area contributed by atoms with Gasteiger partial charge < -0.3 is 10.1 Å². The van der Waals surface area contributed by atoms with Crippen molar-refractivity contribution in [1.29, 1.82) is 0 Å². The van der Waals surface area contributed by atoms with Crippen molar-refractivity contribution in [2.45, 2.75) is 40.5 Å². The van der Waals surface area contributed by atoms with Gasteiger partial charge in [-0.15, -0.1) is 0 Å². The first-order valence-corrected chi connectivity index (χ1v) is 6.94. The van der Waals surface area contributed by atoms with E-state index in [4.69, 9.17) is 4.74 Å². The minimum atomic E-state index is -0.258. The third-order valence-electron chi connectivity index (χ3n) is 3.85. The standard InChI is InChI=1S/C16H21NO3/c1-9-14(11(3)18)16(13-6-5-7-20-8-13)15(12(4)19)10(2)17-9/h8,16-17H,5-7H2,1-4H3. The van der Waals surface area contributed by atoms with Gasteiger partial charge in [-0.1, -0.05) is 0 Å². The normalized spacial score (nSPS) is 20.3. The summed E-state index contributed by atoms with van der Waals surface area (Å²) >= 11 is 0. The molecule has 0 atom stereocenters. The lowest BCUT2D eigenvalue weighted by Crippen LogP contribution is -2.32. The number of carbonyl (C=O) groups excluding carboxylic acids is 2. The van der Waals surface area contributed by atoms with Crippen molar-refractivity contribution in [3.63, 3.8) is 0 Å². The molecule has 2 rings (SSSR count). The number of hydrogen-bond donors (Lipinski definition) is 1. The van der Waals surface area contributed by atoms with Gasteiger partial charge in [0.25, 0.3) is 0 Å². The zero-order valence-electron chi connectivity index (χ0n) is 12.5. The van der Waals surface area contributed by atoms with Crippen LogP contribution in [0.3, 0.4) is 0 Å². The minimum Gasteiger partial charge on any atom is -0.501 e. The van der Waals surface area contributed by atoms with Gasteiger partial charge in [-0.2, -0.15) is 0 Å². The zero-order valence-corrected chi connectivity index (χ0v) is 12.5. The summed E-state index contributed by atoms with van der Waals surface area (Å²) in [6, 6.07) is 0. The maximum Gasteiger partial charge on any atom is 0.158 e. The van der Waals surface area contributed by atoms with Gasteiger partial charge in [0, 0.05) is 28.5 Å². The van der Waals surface area contributed by atoms with E-state index in [1.54, 1.807) is 20.1 Å². The van der Waals surface area contributed by atoms with Crippen molar-refractivity contribution in [1.82, 2.24) is 5.32 Å². The minimum absolute atomic E-state index is 0.00211. The lowest BCUT2D eigenvalue weighted by molar-refractivity contribution is -0.114.